The van der Waals surface area contributed by atoms with Crippen LogP contribution in [0, 0.1) is 0 Å². The molecule has 1 aliphatic heterocycles. The third-order valence-corrected chi connectivity index (χ3v) is 4.10. The van der Waals surface area contributed by atoms with Gasteiger partial charge in [-0.25, -0.2) is 0 Å². The van der Waals surface area contributed by atoms with Crippen LogP contribution in [0.1, 0.15) is 34.8 Å². The monoisotopic (exact) mass is 302 g/mol. The number of aromatic nitrogens is 1. The lowest BCUT2D eigenvalue weighted by molar-refractivity contribution is 0.0735. The van der Waals surface area contributed by atoms with Crippen LogP contribution in [0.15, 0.2) is 42.7 Å². The average molecular weight is 303 g/mol. The number of nitrogens with zero attached hydrogens (tertiary/aromatic N) is 2. The van der Waals surface area contributed by atoms with Crippen molar-refractivity contribution in [1.29, 1.82) is 0 Å². The molecule has 1 atom stereocenters. The second-order valence-corrected chi connectivity index (χ2v) is 5.51. The normalized spacial score (nSPS) is 18.0. The van der Waals surface area contributed by atoms with Crippen molar-refractivity contribution < 1.29 is 9.90 Å². The van der Waals surface area contributed by atoms with E-state index in [9.17, 15) is 9.90 Å². The average Bonchev–Trinajstić information content (AvgIpc) is 2.99. The van der Waals surface area contributed by atoms with Gasteiger partial charge in [0.2, 0.25) is 0 Å². The molecule has 108 valence electrons. The zero-order chi connectivity index (χ0) is 14.8. The summed E-state index contributed by atoms with van der Waals surface area (Å²) in [5.74, 6) is -0.0727. The van der Waals surface area contributed by atoms with E-state index in [-0.39, 0.29) is 22.7 Å². The molecule has 1 aromatic heterocycles. The fourth-order valence-electron chi connectivity index (χ4n) is 2.75. The molecule has 0 bridgehead atoms. The van der Waals surface area contributed by atoms with Crippen molar-refractivity contribution in [2.75, 3.05) is 6.54 Å². The Morgan fingerprint density at radius 3 is 2.76 bits per heavy atom. The Bertz CT molecular complexity index is 661. The van der Waals surface area contributed by atoms with Crippen LogP contribution in [0.2, 0.25) is 5.02 Å². The minimum Gasteiger partial charge on any atom is -0.506 e. The van der Waals surface area contributed by atoms with E-state index in [1.54, 1.807) is 18.5 Å². The molecule has 4 nitrogen and oxygen atoms in total. The lowest BCUT2D eigenvalue weighted by Crippen LogP contribution is -2.30. The van der Waals surface area contributed by atoms with Crippen molar-refractivity contribution in [3.63, 3.8) is 0 Å². The van der Waals surface area contributed by atoms with Crippen LogP contribution < -0.4 is 0 Å². The topological polar surface area (TPSA) is 53.4 Å². The minimum atomic E-state index is -0.0591. The summed E-state index contributed by atoms with van der Waals surface area (Å²) in [7, 11) is 0. The third-order valence-electron chi connectivity index (χ3n) is 3.80. The lowest BCUT2D eigenvalue weighted by Gasteiger charge is -2.25. The predicted molar refractivity (Wildman–Crippen MR) is 80.4 cm³/mol. The first-order valence-electron chi connectivity index (χ1n) is 6.86. The Balaban J connectivity index is 1.88. The second-order valence-electron chi connectivity index (χ2n) is 5.10. The molecule has 21 heavy (non-hydrogen) atoms. The van der Waals surface area contributed by atoms with E-state index in [1.807, 2.05) is 17.0 Å². The Labute approximate surface area is 128 Å². The lowest BCUT2D eigenvalue weighted by atomic mass is 10.1. The first kappa shape index (κ1) is 13.9. The Hall–Kier alpha value is -2.07. The number of amides is 1. The Morgan fingerprint density at radius 1 is 1.29 bits per heavy atom. The van der Waals surface area contributed by atoms with Gasteiger partial charge in [-0.3, -0.25) is 9.78 Å². The maximum Gasteiger partial charge on any atom is 0.254 e. The highest BCUT2D eigenvalue weighted by atomic mass is 35.5. The number of hydrogen-bond donors (Lipinski definition) is 1. The molecule has 1 unspecified atom stereocenters. The van der Waals surface area contributed by atoms with Crippen LogP contribution in [0.3, 0.4) is 0 Å². The number of pyridine rings is 1. The number of carbonyl (C=O) groups is 1. The van der Waals surface area contributed by atoms with E-state index in [0.717, 1.165) is 24.9 Å². The zero-order valence-corrected chi connectivity index (χ0v) is 12.1. The van der Waals surface area contributed by atoms with Gasteiger partial charge in [0, 0.05) is 24.5 Å². The molecular weight excluding hydrogens is 288 g/mol. The van der Waals surface area contributed by atoms with Crippen molar-refractivity contribution in [3.05, 3.63) is 58.9 Å². The van der Waals surface area contributed by atoms with E-state index in [2.05, 4.69) is 4.98 Å². The SMILES string of the molecule is O=C(c1ccc(O)c(Cl)c1)N1CCCC1c1ccncc1. The summed E-state index contributed by atoms with van der Waals surface area (Å²) in [4.78, 5) is 18.5. The van der Waals surface area contributed by atoms with Gasteiger partial charge >= 0.3 is 0 Å². The number of aromatic hydroxyl groups is 1. The molecule has 0 radical (unpaired) electrons. The molecule has 1 aliphatic rings. The van der Waals surface area contributed by atoms with Gasteiger partial charge in [0.1, 0.15) is 5.75 Å². The number of halogens is 1. The maximum absolute atomic E-state index is 12.7. The van der Waals surface area contributed by atoms with Crippen molar-refractivity contribution in [2.24, 2.45) is 0 Å². The molecule has 1 aromatic carbocycles. The van der Waals surface area contributed by atoms with Gasteiger partial charge in [-0.2, -0.15) is 0 Å². The molecule has 2 aromatic rings. The van der Waals surface area contributed by atoms with Gasteiger partial charge in [0.15, 0.2) is 0 Å². The number of hydrogen-bond acceptors (Lipinski definition) is 3. The quantitative estimate of drug-likeness (QED) is 0.925. The van der Waals surface area contributed by atoms with Gasteiger partial charge in [-0.05, 0) is 48.7 Å². The van der Waals surface area contributed by atoms with Crippen LogP contribution in [0.4, 0.5) is 0 Å². The highest BCUT2D eigenvalue weighted by Gasteiger charge is 2.30. The Kier molecular flexibility index (Phi) is 3.80. The number of rotatable bonds is 2. The molecule has 1 amide bonds. The number of carbonyl (C=O) groups excluding carboxylic acids is 1. The van der Waals surface area contributed by atoms with E-state index < -0.39 is 0 Å². The van der Waals surface area contributed by atoms with Crippen LogP contribution in [-0.4, -0.2) is 27.4 Å². The summed E-state index contributed by atoms with van der Waals surface area (Å²) in [6.07, 6.45) is 5.41. The largest absolute Gasteiger partial charge is 0.506 e. The maximum atomic E-state index is 12.7. The smallest absolute Gasteiger partial charge is 0.254 e. The molecule has 0 saturated carbocycles. The number of phenolic OH excluding ortho intramolecular Hbond substituents is 1. The zero-order valence-electron chi connectivity index (χ0n) is 11.4. The fraction of sp³-hybridized carbons (Fsp3) is 0.250. The fourth-order valence-corrected chi connectivity index (χ4v) is 2.93. The highest BCUT2D eigenvalue weighted by Crippen LogP contribution is 2.33. The minimum absolute atomic E-state index is 0.0136. The first-order chi connectivity index (χ1) is 10.2. The van der Waals surface area contributed by atoms with E-state index in [0.29, 0.717) is 5.56 Å². The van der Waals surface area contributed by atoms with Crippen molar-refractivity contribution in [2.45, 2.75) is 18.9 Å². The first-order valence-corrected chi connectivity index (χ1v) is 7.24. The van der Waals surface area contributed by atoms with E-state index in [4.69, 9.17) is 11.6 Å². The molecule has 1 N–H and O–H groups in total. The van der Waals surface area contributed by atoms with E-state index >= 15 is 0 Å². The summed E-state index contributed by atoms with van der Waals surface area (Å²) in [6.45, 7) is 0.727. The van der Waals surface area contributed by atoms with Crippen LogP contribution in [0.25, 0.3) is 0 Å². The number of phenols is 1. The van der Waals surface area contributed by atoms with Gasteiger partial charge in [-0.15, -0.1) is 0 Å². The van der Waals surface area contributed by atoms with Crippen LogP contribution in [-0.2, 0) is 0 Å². The number of likely N-dealkylation sites (tertiary alicyclic amines) is 1. The van der Waals surface area contributed by atoms with Crippen LogP contribution in [0.5, 0.6) is 5.75 Å². The molecule has 5 heteroatoms. The Morgan fingerprint density at radius 2 is 2.05 bits per heavy atom. The van der Waals surface area contributed by atoms with Gasteiger partial charge in [-0.1, -0.05) is 11.6 Å². The molecule has 0 spiro atoms. The molecule has 3 rings (SSSR count). The van der Waals surface area contributed by atoms with Gasteiger partial charge < -0.3 is 10.0 Å². The van der Waals surface area contributed by atoms with Crippen molar-refractivity contribution in [1.82, 2.24) is 9.88 Å². The summed E-state index contributed by atoms with van der Waals surface area (Å²) in [6, 6.07) is 8.54. The summed E-state index contributed by atoms with van der Waals surface area (Å²) < 4.78 is 0. The molecular formula is C16H15ClN2O2. The molecule has 1 saturated heterocycles. The van der Waals surface area contributed by atoms with Crippen molar-refractivity contribution in [3.8, 4) is 5.75 Å². The van der Waals surface area contributed by atoms with Gasteiger partial charge in [0.25, 0.3) is 5.91 Å². The molecule has 1 fully saturated rings. The summed E-state index contributed by atoms with van der Waals surface area (Å²) in [5, 5.41) is 9.65. The van der Waals surface area contributed by atoms with Gasteiger partial charge in [0.05, 0.1) is 11.1 Å². The molecule has 2 heterocycles. The number of benzene rings is 1. The van der Waals surface area contributed by atoms with Crippen LogP contribution >= 0.6 is 11.6 Å². The second kappa shape index (κ2) is 5.74. The summed E-state index contributed by atoms with van der Waals surface area (Å²) in [5.41, 5.74) is 1.60. The standard InChI is InChI=1S/C16H15ClN2O2/c17-13-10-12(3-4-15(13)20)16(21)19-9-1-2-14(19)11-5-7-18-8-6-11/h3-8,10,14,20H,1-2,9H2. The van der Waals surface area contributed by atoms with E-state index in [1.165, 1.54) is 12.1 Å². The predicted octanol–water partition coefficient (Wildman–Crippen LogP) is 3.42. The van der Waals surface area contributed by atoms with Crippen molar-refractivity contribution >= 4 is 17.5 Å². The third kappa shape index (κ3) is 2.72. The molecule has 0 aliphatic carbocycles. The highest BCUT2D eigenvalue weighted by molar-refractivity contribution is 6.32. The summed E-state index contributed by atoms with van der Waals surface area (Å²) >= 11 is 5.89.